The normalized spacial score (nSPS) is 26.3. The molecular formula is C6H13N2Re-. The van der Waals surface area contributed by atoms with Crippen LogP contribution in [0.15, 0.2) is 0 Å². The van der Waals surface area contributed by atoms with Gasteiger partial charge < -0.3 is 10.6 Å². The zero-order valence-electron chi connectivity index (χ0n) is 5.89. The van der Waals surface area contributed by atoms with E-state index in [1.807, 2.05) is 0 Å². The summed E-state index contributed by atoms with van der Waals surface area (Å²) in [7, 11) is 0. The fourth-order valence-electron chi connectivity index (χ4n) is 0.897. The molecule has 1 unspecified atom stereocenters. The van der Waals surface area contributed by atoms with Crippen molar-refractivity contribution in [1.82, 2.24) is 5.32 Å². The monoisotopic (exact) mass is 300 g/mol. The smallest absolute Gasteiger partial charge is 0 e. The SMILES string of the molecule is CC(C)C1C[N-]CN1.[Re]. The number of hydrogen-bond acceptors (Lipinski definition) is 1. The van der Waals surface area contributed by atoms with Crippen LogP contribution < -0.4 is 5.32 Å². The van der Waals surface area contributed by atoms with Gasteiger partial charge in [-0.15, -0.1) is 6.54 Å². The van der Waals surface area contributed by atoms with Crippen LogP contribution in [-0.2, 0) is 20.4 Å². The molecule has 1 aliphatic rings. The average molecular weight is 299 g/mol. The maximum Gasteiger partial charge on any atom is 0 e. The van der Waals surface area contributed by atoms with Crippen LogP contribution in [0, 0.1) is 5.92 Å². The van der Waals surface area contributed by atoms with Gasteiger partial charge in [0.25, 0.3) is 0 Å². The van der Waals surface area contributed by atoms with E-state index in [4.69, 9.17) is 0 Å². The third-order valence-electron chi connectivity index (χ3n) is 1.60. The quantitative estimate of drug-likeness (QED) is 0.766. The first-order valence-corrected chi connectivity index (χ1v) is 3.17. The summed E-state index contributed by atoms with van der Waals surface area (Å²) >= 11 is 0. The van der Waals surface area contributed by atoms with Gasteiger partial charge in [0.1, 0.15) is 0 Å². The molecule has 1 aliphatic heterocycles. The first-order valence-electron chi connectivity index (χ1n) is 3.17. The standard InChI is InChI=1S/C6H13N2.Re/c1-5(2)6-3-7-4-8-6;/h5-6,8H,3-4H2,1-2H3;/q-1;. The predicted molar refractivity (Wildman–Crippen MR) is 34.9 cm³/mol. The van der Waals surface area contributed by atoms with E-state index in [1.165, 1.54) is 0 Å². The molecule has 0 amide bonds. The van der Waals surface area contributed by atoms with E-state index >= 15 is 0 Å². The third kappa shape index (κ3) is 2.77. The topological polar surface area (TPSA) is 26.1 Å². The Kier molecular flexibility index (Phi) is 4.69. The van der Waals surface area contributed by atoms with E-state index < -0.39 is 0 Å². The Morgan fingerprint density at radius 1 is 1.56 bits per heavy atom. The predicted octanol–water partition coefficient (Wildman–Crippen LogP) is 0.943. The Bertz CT molecular complexity index is 69.5. The minimum absolute atomic E-state index is 0. The molecule has 1 heterocycles. The van der Waals surface area contributed by atoms with Gasteiger partial charge in [-0.2, -0.15) is 0 Å². The van der Waals surface area contributed by atoms with E-state index in [0.29, 0.717) is 6.04 Å². The van der Waals surface area contributed by atoms with Crippen LogP contribution in [0.25, 0.3) is 5.32 Å². The largest absolute Gasteiger partial charge is 0.649 e. The summed E-state index contributed by atoms with van der Waals surface area (Å²) in [4.78, 5) is 0. The Hall–Kier alpha value is 0.582. The Morgan fingerprint density at radius 2 is 2.22 bits per heavy atom. The molecule has 0 saturated carbocycles. The molecule has 1 radical (unpaired) electrons. The van der Waals surface area contributed by atoms with Gasteiger partial charge in [0.15, 0.2) is 0 Å². The molecule has 0 aromatic carbocycles. The van der Waals surface area contributed by atoms with E-state index in [0.717, 1.165) is 19.1 Å². The molecule has 0 bridgehead atoms. The van der Waals surface area contributed by atoms with Gasteiger partial charge in [-0.25, -0.2) is 0 Å². The van der Waals surface area contributed by atoms with Crippen molar-refractivity contribution in [2.45, 2.75) is 19.9 Å². The summed E-state index contributed by atoms with van der Waals surface area (Å²) in [6.07, 6.45) is 0. The number of hydrogen-bond donors (Lipinski definition) is 1. The van der Waals surface area contributed by atoms with Crippen molar-refractivity contribution < 1.29 is 20.4 Å². The van der Waals surface area contributed by atoms with Gasteiger partial charge in [0, 0.05) is 20.4 Å². The Morgan fingerprint density at radius 3 is 2.44 bits per heavy atom. The summed E-state index contributed by atoms with van der Waals surface area (Å²) in [5.74, 6) is 0.737. The molecule has 0 aromatic rings. The maximum atomic E-state index is 4.17. The molecule has 0 aromatic heterocycles. The van der Waals surface area contributed by atoms with Crippen LogP contribution in [0.3, 0.4) is 0 Å². The van der Waals surface area contributed by atoms with E-state index in [2.05, 4.69) is 24.5 Å². The zero-order valence-corrected chi connectivity index (χ0v) is 8.61. The van der Waals surface area contributed by atoms with Gasteiger partial charge >= 0.3 is 0 Å². The van der Waals surface area contributed by atoms with Crippen LogP contribution in [0.2, 0.25) is 0 Å². The molecule has 0 aliphatic carbocycles. The minimum Gasteiger partial charge on any atom is -0.649 e. The van der Waals surface area contributed by atoms with Crippen LogP contribution in [0.1, 0.15) is 13.8 Å². The summed E-state index contributed by atoms with van der Waals surface area (Å²) < 4.78 is 0. The van der Waals surface area contributed by atoms with Gasteiger partial charge in [-0.1, -0.05) is 20.5 Å². The molecule has 3 heteroatoms. The first-order chi connectivity index (χ1) is 3.80. The number of rotatable bonds is 1. The molecule has 1 N–H and O–H groups in total. The van der Waals surface area contributed by atoms with Gasteiger partial charge in [-0.05, 0) is 12.0 Å². The summed E-state index contributed by atoms with van der Waals surface area (Å²) in [5.41, 5.74) is 0. The Labute approximate surface area is 70.4 Å². The van der Waals surface area contributed by atoms with Crippen LogP contribution in [0.4, 0.5) is 0 Å². The molecule has 55 valence electrons. The van der Waals surface area contributed by atoms with Crippen molar-refractivity contribution >= 4 is 0 Å². The molecule has 2 nitrogen and oxygen atoms in total. The minimum atomic E-state index is 0. The maximum absolute atomic E-state index is 4.17. The van der Waals surface area contributed by atoms with Gasteiger partial charge in [-0.3, -0.25) is 0 Å². The summed E-state index contributed by atoms with van der Waals surface area (Å²) in [5, 5.41) is 7.46. The second-order valence-corrected chi connectivity index (χ2v) is 2.62. The third-order valence-corrected chi connectivity index (χ3v) is 1.60. The zero-order chi connectivity index (χ0) is 5.98. The summed E-state index contributed by atoms with van der Waals surface area (Å²) in [6, 6.07) is 0.648. The van der Waals surface area contributed by atoms with Gasteiger partial charge in [0.2, 0.25) is 0 Å². The average Bonchev–Trinajstić information content (AvgIpc) is 2.12. The summed E-state index contributed by atoms with van der Waals surface area (Å²) in [6.45, 7) is 6.32. The van der Waals surface area contributed by atoms with Crippen LogP contribution >= 0.6 is 0 Å². The number of nitrogens with one attached hydrogen (secondary N) is 1. The first kappa shape index (κ1) is 9.58. The molecule has 1 saturated heterocycles. The molecule has 9 heavy (non-hydrogen) atoms. The molecule has 1 atom stereocenters. The molecular weight excluding hydrogens is 286 g/mol. The second-order valence-electron chi connectivity index (χ2n) is 2.62. The molecule has 0 spiro atoms. The number of nitrogens with zero attached hydrogens (tertiary/aromatic N) is 1. The van der Waals surface area contributed by atoms with E-state index in [-0.39, 0.29) is 20.4 Å². The molecule has 1 fully saturated rings. The van der Waals surface area contributed by atoms with Crippen LogP contribution in [0.5, 0.6) is 0 Å². The van der Waals surface area contributed by atoms with Crippen molar-refractivity contribution in [3.05, 3.63) is 5.32 Å². The van der Waals surface area contributed by atoms with Crippen molar-refractivity contribution in [2.75, 3.05) is 13.2 Å². The van der Waals surface area contributed by atoms with Crippen molar-refractivity contribution in [2.24, 2.45) is 5.92 Å². The van der Waals surface area contributed by atoms with Gasteiger partial charge in [0.05, 0.1) is 0 Å². The molecule has 1 rings (SSSR count). The van der Waals surface area contributed by atoms with Crippen molar-refractivity contribution in [3.8, 4) is 0 Å². The second kappa shape index (κ2) is 4.41. The van der Waals surface area contributed by atoms with E-state index in [9.17, 15) is 0 Å². The van der Waals surface area contributed by atoms with Crippen molar-refractivity contribution in [1.29, 1.82) is 0 Å². The Balaban J connectivity index is 0.000000640. The van der Waals surface area contributed by atoms with Crippen molar-refractivity contribution in [3.63, 3.8) is 0 Å². The fraction of sp³-hybridized carbons (Fsp3) is 1.00. The fourth-order valence-corrected chi connectivity index (χ4v) is 0.897. The van der Waals surface area contributed by atoms with E-state index in [1.54, 1.807) is 0 Å². The van der Waals surface area contributed by atoms with Crippen LogP contribution in [-0.4, -0.2) is 19.3 Å².